The molecule has 0 aromatic heterocycles. The zero-order chi connectivity index (χ0) is 17.2. The first-order valence-corrected chi connectivity index (χ1v) is 8.46. The lowest BCUT2D eigenvalue weighted by molar-refractivity contribution is -0.140. The molecular weight excluding hydrogens is 362 g/mol. The van der Waals surface area contributed by atoms with E-state index in [1.807, 2.05) is 26.0 Å². The number of carbonyl (C=O) groups is 2. The van der Waals surface area contributed by atoms with Gasteiger partial charge in [0.15, 0.2) is 0 Å². The average molecular weight is 386 g/mol. The molecule has 128 valence electrons. The second-order valence-electron chi connectivity index (χ2n) is 5.40. The summed E-state index contributed by atoms with van der Waals surface area (Å²) >= 11 is 3.37. The molecule has 0 bridgehead atoms. The molecule has 0 radical (unpaired) electrons. The summed E-state index contributed by atoms with van der Waals surface area (Å²) in [5.74, 6) is -0.421. The molecule has 0 aliphatic carbocycles. The summed E-state index contributed by atoms with van der Waals surface area (Å²) < 4.78 is 11.0. The monoisotopic (exact) mass is 385 g/mol. The lowest BCUT2D eigenvalue weighted by Crippen LogP contribution is -2.34. The SMILES string of the molecule is COC(=O)CCN(CCCOC(C)C)C(=O)c1cccc(Br)c1. The molecule has 0 atom stereocenters. The molecular formula is C17H24BrNO4. The van der Waals surface area contributed by atoms with E-state index in [9.17, 15) is 9.59 Å². The van der Waals surface area contributed by atoms with Crippen molar-refractivity contribution in [1.82, 2.24) is 4.90 Å². The van der Waals surface area contributed by atoms with Gasteiger partial charge in [0.1, 0.15) is 0 Å². The Kier molecular flexibility index (Phi) is 8.87. The molecule has 0 unspecified atom stereocenters. The fraction of sp³-hybridized carbons (Fsp3) is 0.529. The lowest BCUT2D eigenvalue weighted by Gasteiger charge is -2.22. The Balaban J connectivity index is 2.68. The Morgan fingerprint density at radius 3 is 2.61 bits per heavy atom. The molecule has 1 amide bonds. The summed E-state index contributed by atoms with van der Waals surface area (Å²) in [5.41, 5.74) is 0.592. The maximum Gasteiger partial charge on any atom is 0.307 e. The number of halogens is 1. The Bertz CT molecular complexity index is 519. The van der Waals surface area contributed by atoms with Crippen LogP contribution in [0.2, 0.25) is 0 Å². The minimum absolute atomic E-state index is 0.0975. The summed E-state index contributed by atoms with van der Waals surface area (Å²) in [6, 6.07) is 7.23. The van der Waals surface area contributed by atoms with E-state index in [2.05, 4.69) is 20.7 Å². The summed E-state index contributed by atoms with van der Waals surface area (Å²) in [4.78, 5) is 25.7. The van der Waals surface area contributed by atoms with Crippen molar-refractivity contribution in [2.75, 3.05) is 26.8 Å². The fourth-order valence-electron chi connectivity index (χ4n) is 2.02. The maximum absolute atomic E-state index is 12.6. The van der Waals surface area contributed by atoms with E-state index in [4.69, 9.17) is 4.74 Å². The summed E-state index contributed by atoms with van der Waals surface area (Å²) in [6.45, 7) is 5.40. The third kappa shape index (κ3) is 7.61. The molecule has 1 aromatic carbocycles. The zero-order valence-corrected chi connectivity index (χ0v) is 15.5. The van der Waals surface area contributed by atoms with Crippen LogP contribution in [0.15, 0.2) is 28.7 Å². The summed E-state index contributed by atoms with van der Waals surface area (Å²) in [5, 5.41) is 0. The van der Waals surface area contributed by atoms with Gasteiger partial charge < -0.3 is 14.4 Å². The number of hydrogen-bond donors (Lipinski definition) is 0. The topological polar surface area (TPSA) is 55.8 Å². The van der Waals surface area contributed by atoms with Crippen LogP contribution in [0.3, 0.4) is 0 Å². The maximum atomic E-state index is 12.6. The number of esters is 1. The van der Waals surface area contributed by atoms with Gasteiger partial charge in [0.05, 0.1) is 19.6 Å². The predicted molar refractivity (Wildman–Crippen MR) is 92.4 cm³/mol. The van der Waals surface area contributed by atoms with Gasteiger partial charge in [-0.3, -0.25) is 9.59 Å². The van der Waals surface area contributed by atoms with Crippen molar-refractivity contribution in [3.63, 3.8) is 0 Å². The van der Waals surface area contributed by atoms with Crippen LogP contribution in [0.5, 0.6) is 0 Å². The number of methoxy groups -OCH3 is 1. The second kappa shape index (κ2) is 10.4. The number of benzene rings is 1. The number of ether oxygens (including phenoxy) is 2. The Labute approximate surface area is 146 Å². The van der Waals surface area contributed by atoms with Crippen LogP contribution in [-0.2, 0) is 14.3 Å². The number of nitrogens with zero attached hydrogens (tertiary/aromatic N) is 1. The number of amides is 1. The van der Waals surface area contributed by atoms with Gasteiger partial charge in [0, 0.05) is 29.7 Å². The van der Waals surface area contributed by atoms with Gasteiger partial charge in [-0.25, -0.2) is 0 Å². The third-order valence-electron chi connectivity index (χ3n) is 3.20. The lowest BCUT2D eigenvalue weighted by atomic mass is 10.2. The second-order valence-corrected chi connectivity index (χ2v) is 6.32. The number of rotatable bonds is 9. The van der Waals surface area contributed by atoms with Crippen LogP contribution in [0.25, 0.3) is 0 Å². The molecule has 0 fully saturated rings. The third-order valence-corrected chi connectivity index (χ3v) is 3.69. The molecule has 6 heteroatoms. The highest BCUT2D eigenvalue weighted by molar-refractivity contribution is 9.10. The first kappa shape index (κ1) is 19.6. The highest BCUT2D eigenvalue weighted by Gasteiger charge is 2.17. The number of carbonyl (C=O) groups excluding carboxylic acids is 2. The van der Waals surface area contributed by atoms with Crippen LogP contribution < -0.4 is 0 Å². The minimum atomic E-state index is -0.324. The molecule has 0 aliphatic rings. The van der Waals surface area contributed by atoms with E-state index in [1.165, 1.54) is 7.11 Å². The van der Waals surface area contributed by atoms with Gasteiger partial charge >= 0.3 is 5.97 Å². The Hall–Kier alpha value is -1.40. The molecule has 0 spiro atoms. The van der Waals surface area contributed by atoms with Gasteiger partial charge in [0.25, 0.3) is 5.91 Å². The zero-order valence-electron chi connectivity index (χ0n) is 13.9. The van der Waals surface area contributed by atoms with Crippen LogP contribution in [-0.4, -0.2) is 49.7 Å². The highest BCUT2D eigenvalue weighted by Crippen LogP contribution is 2.14. The van der Waals surface area contributed by atoms with Gasteiger partial charge in [0.2, 0.25) is 0 Å². The summed E-state index contributed by atoms with van der Waals surface area (Å²) in [6.07, 6.45) is 1.07. The van der Waals surface area contributed by atoms with Gasteiger partial charge in [-0.1, -0.05) is 22.0 Å². The molecule has 1 rings (SSSR count). The van der Waals surface area contributed by atoms with E-state index < -0.39 is 0 Å². The average Bonchev–Trinajstić information content (AvgIpc) is 2.52. The molecule has 0 aliphatic heterocycles. The van der Waals surface area contributed by atoms with E-state index in [0.29, 0.717) is 25.3 Å². The standard InChI is InChI=1S/C17H24BrNO4/c1-13(2)23-11-5-9-19(10-8-16(20)22-3)17(21)14-6-4-7-15(18)12-14/h4,6-7,12-13H,5,8-11H2,1-3H3. The van der Waals surface area contributed by atoms with E-state index in [0.717, 1.165) is 10.9 Å². The Morgan fingerprint density at radius 1 is 1.26 bits per heavy atom. The molecule has 1 aromatic rings. The fourth-order valence-corrected chi connectivity index (χ4v) is 2.42. The van der Waals surface area contributed by atoms with Crippen LogP contribution in [0.4, 0.5) is 0 Å². The first-order valence-electron chi connectivity index (χ1n) is 7.67. The normalized spacial score (nSPS) is 10.7. The predicted octanol–water partition coefficient (Wildman–Crippen LogP) is 3.27. The van der Waals surface area contributed by atoms with Crippen molar-refractivity contribution in [2.45, 2.75) is 32.8 Å². The largest absolute Gasteiger partial charge is 0.469 e. The molecule has 0 heterocycles. The molecule has 0 saturated heterocycles. The van der Waals surface area contributed by atoms with E-state index >= 15 is 0 Å². The Morgan fingerprint density at radius 2 is 2.00 bits per heavy atom. The van der Waals surface area contributed by atoms with Crippen LogP contribution in [0.1, 0.15) is 37.0 Å². The molecule has 0 saturated carbocycles. The number of hydrogen-bond acceptors (Lipinski definition) is 4. The van der Waals surface area contributed by atoms with Crippen molar-refractivity contribution < 1.29 is 19.1 Å². The van der Waals surface area contributed by atoms with Gasteiger partial charge in [-0.2, -0.15) is 0 Å². The first-order chi connectivity index (χ1) is 10.9. The van der Waals surface area contributed by atoms with Crippen molar-refractivity contribution >= 4 is 27.8 Å². The van der Waals surface area contributed by atoms with E-state index in [1.54, 1.807) is 17.0 Å². The highest BCUT2D eigenvalue weighted by atomic mass is 79.9. The van der Waals surface area contributed by atoms with Crippen LogP contribution >= 0.6 is 15.9 Å². The van der Waals surface area contributed by atoms with Crippen molar-refractivity contribution in [2.24, 2.45) is 0 Å². The molecule has 23 heavy (non-hydrogen) atoms. The summed E-state index contributed by atoms with van der Waals surface area (Å²) in [7, 11) is 1.35. The van der Waals surface area contributed by atoms with Crippen LogP contribution in [0, 0.1) is 0 Å². The molecule has 5 nitrogen and oxygen atoms in total. The van der Waals surface area contributed by atoms with Gasteiger partial charge in [-0.15, -0.1) is 0 Å². The van der Waals surface area contributed by atoms with E-state index in [-0.39, 0.29) is 24.4 Å². The smallest absolute Gasteiger partial charge is 0.307 e. The van der Waals surface area contributed by atoms with Gasteiger partial charge in [-0.05, 0) is 38.5 Å². The quantitative estimate of drug-likeness (QED) is 0.483. The molecule has 0 N–H and O–H groups in total. The minimum Gasteiger partial charge on any atom is -0.469 e. The van der Waals surface area contributed by atoms with Crippen molar-refractivity contribution in [3.05, 3.63) is 34.3 Å². The van der Waals surface area contributed by atoms with Crippen molar-refractivity contribution in [1.29, 1.82) is 0 Å². The van der Waals surface area contributed by atoms with Crippen molar-refractivity contribution in [3.8, 4) is 0 Å².